The molecule has 2 aromatic heterocycles. The van der Waals surface area contributed by atoms with Crippen LogP contribution in [0.3, 0.4) is 0 Å². The number of nitrogens with zero attached hydrogens (tertiary/aromatic N) is 1. The smallest absolute Gasteiger partial charge is 0.253 e. The molecule has 2 saturated carbocycles. The van der Waals surface area contributed by atoms with Gasteiger partial charge in [-0.25, -0.2) is 9.37 Å². The second-order valence-corrected chi connectivity index (χ2v) is 8.10. The van der Waals surface area contributed by atoms with Gasteiger partial charge in [-0.05, 0) is 50.3 Å². The van der Waals surface area contributed by atoms with Crippen LogP contribution in [0, 0.1) is 11.7 Å². The average molecular weight is 499 g/mol. The quantitative estimate of drug-likeness (QED) is 0.384. The fourth-order valence-electron chi connectivity index (χ4n) is 3.52. The minimum Gasteiger partial charge on any atom is -0.381 e. The molecule has 36 heavy (non-hydrogen) atoms. The van der Waals surface area contributed by atoms with Crippen LogP contribution in [0.2, 0.25) is 0 Å². The molecule has 0 saturated heterocycles. The Bertz CT molecular complexity index is 1130. The summed E-state index contributed by atoms with van der Waals surface area (Å²) in [6.45, 7) is 8.00. The summed E-state index contributed by atoms with van der Waals surface area (Å²) in [4.78, 5) is 31.6. The molecule has 0 atom stereocenters. The molecule has 8 heteroatoms. The van der Waals surface area contributed by atoms with E-state index >= 15 is 0 Å². The van der Waals surface area contributed by atoms with Crippen molar-refractivity contribution in [1.82, 2.24) is 15.3 Å². The second kappa shape index (κ2) is 14.3. The highest BCUT2D eigenvalue weighted by Gasteiger charge is 2.30. The number of amides is 2. The lowest BCUT2D eigenvalue weighted by atomic mass is 9.96. The molecular weight excluding hydrogens is 459 g/mol. The number of fused-ring (bicyclic) bond motifs is 1. The molecule has 0 unspecified atom stereocenters. The van der Waals surface area contributed by atoms with Crippen molar-refractivity contribution in [2.24, 2.45) is 5.92 Å². The van der Waals surface area contributed by atoms with E-state index in [1.54, 1.807) is 31.4 Å². The number of nitrogens with one attached hydrogen (secondary N) is 3. The zero-order valence-corrected chi connectivity index (χ0v) is 22.2. The molecular formula is C28H39FN4O3. The zero-order valence-electron chi connectivity index (χ0n) is 22.2. The minimum absolute atomic E-state index is 0.0199. The van der Waals surface area contributed by atoms with Gasteiger partial charge in [0, 0.05) is 42.9 Å². The Morgan fingerprint density at radius 3 is 2.25 bits per heavy atom. The summed E-state index contributed by atoms with van der Waals surface area (Å²) in [6, 6.07) is 8.06. The van der Waals surface area contributed by atoms with Crippen molar-refractivity contribution in [2.75, 3.05) is 19.5 Å². The summed E-state index contributed by atoms with van der Waals surface area (Å²) >= 11 is 0. The Kier molecular flexibility index (Phi) is 11.5. The first-order valence-corrected chi connectivity index (χ1v) is 12.8. The fourth-order valence-corrected chi connectivity index (χ4v) is 3.52. The third kappa shape index (κ3) is 7.13. The molecule has 0 radical (unpaired) electrons. The van der Waals surface area contributed by atoms with Gasteiger partial charge < -0.3 is 20.4 Å². The van der Waals surface area contributed by atoms with E-state index in [2.05, 4.69) is 20.6 Å². The average Bonchev–Trinajstić information content (AvgIpc) is 3.65. The van der Waals surface area contributed by atoms with Gasteiger partial charge in [0.1, 0.15) is 5.82 Å². The lowest BCUT2D eigenvalue weighted by Gasteiger charge is -2.22. The van der Waals surface area contributed by atoms with Gasteiger partial charge in [0.15, 0.2) is 5.82 Å². The summed E-state index contributed by atoms with van der Waals surface area (Å²) in [5.41, 5.74) is 1.74. The van der Waals surface area contributed by atoms with Crippen molar-refractivity contribution in [3.8, 4) is 11.3 Å². The number of rotatable bonds is 5. The fraction of sp³-hybridized carbons (Fsp3) is 0.464. The number of aromatic nitrogens is 2. The predicted molar refractivity (Wildman–Crippen MR) is 144 cm³/mol. The number of carbonyl (C=O) groups is 2. The van der Waals surface area contributed by atoms with Crippen LogP contribution in [-0.2, 0) is 9.53 Å². The monoisotopic (exact) mass is 498 g/mol. The number of aromatic amines is 1. The van der Waals surface area contributed by atoms with Crippen molar-refractivity contribution in [1.29, 1.82) is 0 Å². The molecule has 196 valence electrons. The molecule has 1 aromatic carbocycles. The van der Waals surface area contributed by atoms with Gasteiger partial charge in [-0.2, -0.15) is 0 Å². The predicted octanol–water partition coefficient (Wildman–Crippen LogP) is 6.31. The van der Waals surface area contributed by atoms with Crippen LogP contribution >= 0.6 is 0 Å². The number of hydrogen-bond donors (Lipinski definition) is 3. The second-order valence-electron chi connectivity index (χ2n) is 8.10. The molecule has 3 N–H and O–H groups in total. The highest BCUT2D eigenvalue weighted by Crippen LogP contribution is 2.34. The number of benzene rings is 1. The molecule has 0 spiro atoms. The Morgan fingerprint density at radius 1 is 1.08 bits per heavy atom. The van der Waals surface area contributed by atoms with E-state index in [-0.39, 0.29) is 23.5 Å². The molecule has 7 nitrogen and oxygen atoms in total. The number of halogens is 1. The number of hydrogen-bond acceptors (Lipinski definition) is 4. The zero-order chi connectivity index (χ0) is 26.7. The third-order valence-corrected chi connectivity index (χ3v) is 5.88. The van der Waals surface area contributed by atoms with Crippen LogP contribution in [0.25, 0.3) is 22.2 Å². The van der Waals surface area contributed by atoms with Gasteiger partial charge in [-0.1, -0.05) is 39.8 Å². The molecule has 2 amide bonds. The SMILES string of the molecule is CC.CC.CNC(=O)c1cnc(NC(=O)C2CC2)c2[nH]c(-c3ccccc3F)cc12.COC1CCC1. The van der Waals surface area contributed by atoms with Gasteiger partial charge in [0.25, 0.3) is 5.91 Å². The summed E-state index contributed by atoms with van der Waals surface area (Å²) in [5, 5.41) is 5.94. The number of methoxy groups -OCH3 is 1. The van der Waals surface area contributed by atoms with Gasteiger partial charge in [-0.15, -0.1) is 0 Å². The molecule has 2 heterocycles. The van der Waals surface area contributed by atoms with E-state index < -0.39 is 0 Å². The molecule has 5 rings (SSSR count). The van der Waals surface area contributed by atoms with Crippen LogP contribution in [0.4, 0.5) is 10.2 Å². The van der Waals surface area contributed by atoms with Crippen molar-refractivity contribution in [3.63, 3.8) is 0 Å². The van der Waals surface area contributed by atoms with Crippen molar-refractivity contribution in [3.05, 3.63) is 47.9 Å². The summed E-state index contributed by atoms with van der Waals surface area (Å²) < 4.78 is 19.2. The molecule has 2 aliphatic rings. The van der Waals surface area contributed by atoms with Crippen molar-refractivity contribution >= 4 is 28.5 Å². The van der Waals surface area contributed by atoms with E-state index in [1.807, 2.05) is 27.7 Å². The normalized spacial score (nSPS) is 14.1. The van der Waals surface area contributed by atoms with Crippen LogP contribution in [-0.4, -0.2) is 42.0 Å². The first kappa shape index (κ1) is 29.0. The highest BCUT2D eigenvalue weighted by atomic mass is 19.1. The number of anilines is 1. The van der Waals surface area contributed by atoms with Gasteiger partial charge in [0.05, 0.1) is 17.2 Å². The van der Waals surface area contributed by atoms with Crippen LogP contribution in [0.1, 0.15) is 70.2 Å². The number of pyridine rings is 1. The van der Waals surface area contributed by atoms with Gasteiger partial charge in [-0.3, -0.25) is 9.59 Å². The van der Waals surface area contributed by atoms with Gasteiger partial charge >= 0.3 is 0 Å². The molecule has 2 fully saturated rings. The lowest BCUT2D eigenvalue weighted by Crippen LogP contribution is -2.19. The lowest BCUT2D eigenvalue weighted by molar-refractivity contribution is -0.117. The largest absolute Gasteiger partial charge is 0.381 e. The van der Waals surface area contributed by atoms with Crippen molar-refractivity contribution in [2.45, 2.75) is 65.9 Å². The maximum absolute atomic E-state index is 14.2. The summed E-state index contributed by atoms with van der Waals surface area (Å²) in [6.07, 6.45) is 7.73. The van der Waals surface area contributed by atoms with E-state index in [9.17, 15) is 14.0 Å². The first-order valence-electron chi connectivity index (χ1n) is 12.8. The van der Waals surface area contributed by atoms with Gasteiger partial charge in [0.2, 0.25) is 5.91 Å². The Balaban J connectivity index is 0.000000390. The maximum atomic E-state index is 14.2. The van der Waals surface area contributed by atoms with Crippen molar-refractivity contribution < 1.29 is 18.7 Å². The standard InChI is InChI=1S/C19H17FN4O2.C5H10O.2C2H6/c1-21-19(26)13-9-22-17(24-18(25)10-6-7-10)16-12(13)8-15(23-16)11-4-2-3-5-14(11)20;1-6-5-3-2-4-5;2*1-2/h2-5,8-10,23H,6-7H2,1H3,(H,21,26)(H,22,24,25);5H,2-4H2,1H3;2*1-2H3. The molecule has 0 bridgehead atoms. The number of H-pyrrole nitrogens is 1. The summed E-state index contributed by atoms with van der Waals surface area (Å²) in [5.74, 6) is -0.411. The Morgan fingerprint density at radius 2 is 1.75 bits per heavy atom. The summed E-state index contributed by atoms with van der Waals surface area (Å²) in [7, 11) is 3.31. The van der Waals surface area contributed by atoms with E-state index in [0.29, 0.717) is 39.6 Å². The minimum atomic E-state index is -0.378. The van der Waals surface area contributed by atoms with E-state index in [4.69, 9.17) is 4.74 Å². The Hall–Kier alpha value is -3.26. The van der Waals surface area contributed by atoms with Crippen LogP contribution < -0.4 is 10.6 Å². The number of carbonyl (C=O) groups excluding carboxylic acids is 2. The first-order chi connectivity index (χ1) is 17.5. The highest BCUT2D eigenvalue weighted by molar-refractivity contribution is 6.11. The van der Waals surface area contributed by atoms with Crippen LogP contribution in [0.15, 0.2) is 36.5 Å². The Labute approximate surface area is 213 Å². The van der Waals surface area contributed by atoms with Crippen LogP contribution in [0.5, 0.6) is 0 Å². The molecule has 0 aliphatic heterocycles. The molecule has 3 aromatic rings. The third-order valence-electron chi connectivity index (χ3n) is 5.88. The van der Waals surface area contributed by atoms with E-state index in [0.717, 1.165) is 12.8 Å². The number of ether oxygens (including phenoxy) is 1. The topological polar surface area (TPSA) is 96.1 Å². The maximum Gasteiger partial charge on any atom is 0.253 e. The van der Waals surface area contributed by atoms with E-state index in [1.165, 1.54) is 38.6 Å². The molecule has 2 aliphatic carbocycles.